The molecule has 4 rings (SSSR count). The molecule has 0 radical (unpaired) electrons. The molecule has 0 unspecified atom stereocenters. The number of rotatable bonds is 7. The van der Waals surface area contributed by atoms with Crippen LogP contribution in [0.4, 0.5) is 5.82 Å². The Kier molecular flexibility index (Phi) is 5.74. The molecule has 2 fully saturated rings. The summed E-state index contributed by atoms with van der Waals surface area (Å²) in [5.41, 5.74) is 1.26. The molecule has 1 N–H and O–H groups in total. The summed E-state index contributed by atoms with van der Waals surface area (Å²) in [6.45, 7) is 1.56. The summed E-state index contributed by atoms with van der Waals surface area (Å²) in [4.78, 5) is 26.6. The molecule has 1 aliphatic carbocycles. The van der Waals surface area contributed by atoms with Crippen LogP contribution in [-0.4, -0.2) is 39.6 Å². The first-order valence-electron chi connectivity index (χ1n) is 10.4. The third kappa shape index (κ3) is 4.61. The number of aryl methyl sites for hydroxylation is 1. The molecule has 0 atom stereocenters. The van der Waals surface area contributed by atoms with Gasteiger partial charge in [-0.1, -0.05) is 30.3 Å². The standard InChI is InChI=1S/C22H28N4O2/c27-21(8-4-7-17-5-2-1-3-6-17)24-20-11-14-23-26(20)19-12-15-25(16-13-19)22(28)18-9-10-18/h1-3,5-6,11,14,18-19H,4,7-10,12-13,15-16H2,(H,24,27). The van der Waals surface area contributed by atoms with Crippen molar-refractivity contribution in [2.45, 2.75) is 51.0 Å². The first-order chi connectivity index (χ1) is 13.7. The Morgan fingerprint density at radius 1 is 1.04 bits per heavy atom. The number of carbonyl (C=O) groups is 2. The van der Waals surface area contributed by atoms with Gasteiger partial charge in [-0.3, -0.25) is 9.59 Å². The maximum absolute atomic E-state index is 12.4. The molecule has 6 nitrogen and oxygen atoms in total. The molecule has 2 amide bonds. The Morgan fingerprint density at radius 2 is 1.79 bits per heavy atom. The summed E-state index contributed by atoms with van der Waals surface area (Å²) in [7, 11) is 0. The van der Waals surface area contributed by atoms with Gasteiger partial charge in [0, 0.05) is 31.5 Å². The zero-order valence-corrected chi connectivity index (χ0v) is 16.2. The van der Waals surface area contributed by atoms with E-state index in [4.69, 9.17) is 0 Å². The van der Waals surface area contributed by atoms with E-state index in [1.54, 1.807) is 6.20 Å². The fourth-order valence-corrected chi connectivity index (χ4v) is 3.93. The molecule has 1 saturated carbocycles. The van der Waals surface area contributed by atoms with E-state index in [0.717, 1.165) is 57.4 Å². The number of anilines is 1. The van der Waals surface area contributed by atoms with Crippen LogP contribution in [0, 0.1) is 5.92 Å². The highest BCUT2D eigenvalue weighted by Crippen LogP contribution is 2.33. The number of nitrogens with zero attached hydrogens (tertiary/aromatic N) is 3. The Morgan fingerprint density at radius 3 is 2.50 bits per heavy atom. The number of likely N-dealkylation sites (tertiary alicyclic amines) is 1. The first-order valence-corrected chi connectivity index (χ1v) is 10.4. The smallest absolute Gasteiger partial charge is 0.225 e. The van der Waals surface area contributed by atoms with Crippen LogP contribution >= 0.6 is 0 Å². The number of carbonyl (C=O) groups excluding carboxylic acids is 2. The monoisotopic (exact) mass is 380 g/mol. The molecule has 6 heteroatoms. The topological polar surface area (TPSA) is 67.2 Å². The average molecular weight is 380 g/mol. The van der Waals surface area contributed by atoms with Gasteiger partial charge in [-0.2, -0.15) is 5.10 Å². The lowest BCUT2D eigenvalue weighted by Crippen LogP contribution is -2.40. The molecular formula is C22H28N4O2. The van der Waals surface area contributed by atoms with Crippen molar-refractivity contribution in [1.29, 1.82) is 0 Å². The van der Waals surface area contributed by atoms with Crippen LogP contribution < -0.4 is 5.32 Å². The SMILES string of the molecule is O=C(CCCc1ccccc1)Nc1ccnn1C1CCN(C(=O)C2CC2)CC1. The minimum absolute atomic E-state index is 0.0269. The van der Waals surface area contributed by atoms with Gasteiger partial charge >= 0.3 is 0 Å². The number of hydrogen-bond acceptors (Lipinski definition) is 3. The maximum atomic E-state index is 12.4. The van der Waals surface area contributed by atoms with Gasteiger partial charge < -0.3 is 10.2 Å². The zero-order valence-electron chi connectivity index (χ0n) is 16.2. The van der Waals surface area contributed by atoms with Crippen molar-refractivity contribution in [1.82, 2.24) is 14.7 Å². The lowest BCUT2D eigenvalue weighted by molar-refractivity contribution is -0.133. The number of piperidine rings is 1. The fraction of sp³-hybridized carbons (Fsp3) is 0.500. The molecular weight excluding hydrogens is 352 g/mol. The van der Waals surface area contributed by atoms with Crippen LogP contribution in [0.3, 0.4) is 0 Å². The van der Waals surface area contributed by atoms with E-state index in [2.05, 4.69) is 22.5 Å². The van der Waals surface area contributed by atoms with Crippen molar-refractivity contribution >= 4 is 17.6 Å². The van der Waals surface area contributed by atoms with Crippen LogP contribution in [0.15, 0.2) is 42.6 Å². The molecule has 148 valence electrons. The molecule has 1 aliphatic heterocycles. The molecule has 1 saturated heterocycles. The van der Waals surface area contributed by atoms with Crippen LogP contribution in [0.1, 0.15) is 50.1 Å². The highest BCUT2D eigenvalue weighted by molar-refractivity contribution is 5.89. The Bertz CT molecular complexity index is 805. The molecule has 1 aromatic heterocycles. The lowest BCUT2D eigenvalue weighted by atomic mass is 10.0. The van der Waals surface area contributed by atoms with Crippen LogP contribution in [0.5, 0.6) is 0 Å². The van der Waals surface area contributed by atoms with E-state index in [0.29, 0.717) is 12.3 Å². The van der Waals surface area contributed by atoms with Crippen LogP contribution in [0.2, 0.25) is 0 Å². The van der Waals surface area contributed by atoms with Gasteiger partial charge in [-0.05, 0) is 44.1 Å². The normalized spacial score (nSPS) is 17.5. The largest absolute Gasteiger partial charge is 0.342 e. The third-order valence-electron chi connectivity index (χ3n) is 5.70. The van der Waals surface area contributed by atoms with E-state index >= 15 is 0 Å². The van der Waals surface area contributed by atoms with Crippen LogP contribution in [-0.2, 0) is 16.0 Å². The fourth-order valence-electron chi connectivity index (χ4n) is 3.93. The molecule has 2 aliphatic rings. The second-order valence-electron chi connectivity index (χ2n) is 7.88. The van der Waals surface area contributed by atoms with E-state index in [-0.39, 0.29) is 17.9 Å². The zero-order chi connectivity index (χ0) is 19.3. The van der Waals surface area contributed by atoms with E-state index in [9.17, 15) is 9.59 Å². The second-order valence-corrected chi connectivity index (χ2v) is 7.88. The first kappa shape index (κ1) is 18.7. The molecule has 0 spiro atoms. The highest BCUT2D eigenvalue weighted by atomic mass is 16.2. The van der Waals surface area contributed by atoms with Gasteiger partial charge in [0.05, 0.1) is 12.2 Å². The van der Waals surface area contributed by atoms with Gasteiger partial charge in [0.1, 0.15) is 5.82 Å². The predicted molar refractivity (Wildman–Crippen MR) is 108 cm³/mol. The highest BCUT2D eigenvalue weighted by Gasteiger charge is 2.35. The summed E-state index contributed by atoms with van der Waals surface area (Å²) in [6, 6.07) is 12.3. The number of hydrogen-bond donors (Lipinski definition) is 1. The Balaban J connectivity index is 1.25. The molecule has 2 aromatic rings. The van der Waals surface area contributed by atoms with Crippen molar-refractivity contribution in [2.24, 2.45) is 5.92 Å². The van der Waals surface area contributed by atoms with E-state index < -0.39 is 0 Å². The summed E-state index contributed by atoms with van der Waals surface area (Å²) in [6.07, 6.45) is 7.84. The summed E-state index contributed by atoms with van der Waals surface area (Å²) in [5.74, 6) is 1.40. The van der Waals surface area contributed by atoms with Crippen molar-refractivity contribution in [2.75, 3.05) is 18.4 Å². The van der Waals surface area contributed by atoms with Crippen molar-refractivity contribution in [3.05, 3.63) is 48.2 Å². The van der Waals surface area contributed by atoms with Crippen LogP contribution in [0.25, 0.3) is 0 Å². The summed E-state index contributed by atoms with van der Waals surface area (Å²) >= 11 is 0. The van der Waals surface area contributed by atoms with E-state index in [1.165, 1.54) is 5.56 Å². The summed E-state index contributed by atoms with van der Waals surface area (Å²) < 4.78 is 1.92. The molecule has 1 aromatic carbocycles. The average Bonchev–Trinajstić information content (AvgIpc) is 3.48. The van der Waals surface area contributed by atoms with Crippen molar-refractivity contribution < 1.29 is 9.59 Å². The number of nitrogens with one attached hydrogen (secondary N) is 1. The summed E-state index contributed by atoms with van der Waals surface area (Å²) in [5, 5.41) is 7.45. The van der Waals surface area contributed by atoms with Gasteiger partial charge in [0.15, 0.2) is 0 Å². The molecule has 0 bridgehead atoms. The van der Waals surface area contributed by atoms with Crippen molar-refractivity contribution in [3.8, 4) is 0 Å². The van der Waals surface area contributed by atoms with Gasteiger partial charge in [0.25, 0.3) is 0 Å². The number of amides is 2. The number of benzene rings is 1. The maximum Gasteiger partial charge on any atom is 0.225 e. The van der Waals surface area contributed by atoms with Crippen molar-refractivity contribution in [3.63, 3.8) is 0 Å². The van der Waals surface area contributed by atoms with E-state index in [1.807, 2.05) is 33.8 Å². The predicted octanol–water partition coefficient (Wildman–Crippen LogP) is 3.42. The molecule has 2 heterocycles. The Hall–Kier alpha value is -2.63. The van der Waals surface area contributed by atoms with Gasteiger partial charge in [-0.25, -0.2) is 4.68 Å². The quantitative estimate of drug-likeness (QED) is 0.800. The molecule has 28 heavy (non-hydrogen) atoms. The van der Waals surface area contributed by atoms with Gasteiger partial charge in [0.2, 0.25) is 11.8 Å². The Labute approximate surface area is 165 Å². The van der Waals surface area contributed by atoms with Gasteiger partial charge in [-0.15, -0.1) is 0 Å². The lowest BCUT2D eigenvalue weighted by Gasteiger charge is -2.32. The number of aromatic nitrogens is 2. The minimum Gasteiger partial charge on any atom is -0.342 e. The third-order valence-corrected chi connectivity index (χ3v) is 5.70. The second kappa shape index (κ2) is 8.59. The minimum atomic E-state index is 0.0269.